The van der Waals surface area contributed by atoms with Gasteiger partial charge in [0, 0.05) is 38.8 Å². The van der Waals surface area contributed by atoms with Crippen molar-refractivity contribution < 1.29 is 0 Å². The molecule has 4 N–H and O–H groups in total. The highest BCUT2D eigenvalue weighted by molar-refractivity contribution is 4.74. The lowest BCUT2D eigenvalue weighted by molar-refractivity contribution is 0.383. The van der Waals surface area contributed by atoms with E-state index < -0.39 is 0 Å². The van der Waals surface area contributed by atoms with E-state index in [1.807, 2.05) is 0 Å². The first kappa shape index (κ1) is 14.9. The Hall–Kier alpha value is -0.160. The van der Waals surface area contributed by atoms with Gasteiger partial charge in [-0.1, -0.05) is 13.3 Å². The quantitative estimate of drug-likeness (QED) is 0.416. The van der Waals surface area contributed by atoms with Gasteiger partial charge in [0.25, 0.3) is 0 Å². The molecule has 0 bridgehead atoms. The molecule has 0 aromatic rings. The molecule has 0 aromatic carbocycles. The summed E-state index contributed by atoms with van der Waals surface area (Å²) in [6.07, 6.45) is 5.29. The van der Waals surface area contributed by atoms with Gasteiger partial charge in [-0.15, -0.1) is 0 Å². The van der Waals surface area contributed by atoms with Crippen molar-refractivity contribution in [2.45, 2.75) is 38.6 Å². The molecule has 1 aliphatic heterocycles. The van der Waals surface area contributed by atoms with E-state index in [2.05, 4.69) is 28.2 Å². The van der Waals surface area contributed by atoms with Crippen molar-refractivity contribution >= 4 is 0 Å². The van der Waals surface area contributed by atoms with Crippen molar-refractivity contribution in [2.24, 2.45) is 0 Å². The summed E-state index contributed by atoms with van der Waals surface area (Å²) in [5, 5.41) is 13.9. The highest BCUT2D eigenvalue weighted by Gasteiger charge is 2.10. The predicted octanol–water partition coefficient (Wildman–Crippen LogP) is 0.307. The van der Waals surface area contributed by atoms with Crippen molar-refractivity contribution in [3.05, 3.63) is 0 Å². The van der Waals surface area contributed by atoms with Crippen LogP contribution >= 0.6 is 0 Å². The zero-order chi connectivity index (χ0) is 12.2. The second-order valence-corrected chi connectivity index (χ2v) is 4.85. The molecule has 0 spiro atoms. The summed E-state index contributed by atoms with van der Waals surface area (Å²) in [7, 11) is 0. The molecule has 1 heterocycles. The lowest BCUT2D eigenvalue weighted by Crippen LogP contribution is -2.43. The van der Waals surface area contributed by atoms with Gasteiger partial charge in [-0.3, -0.25) is 0 Å². The van der Waals surface area contributed by atoms with Crippen LogP contribution in [-0.2, 0) is 0 Å². The third-order valence-electron chi connectivity index (χ3n) is 3.19. The first-order valence-corrected chi connectivity index (χ1v) is 7.29. The first-order valence-electron chi connectivity index (χ1n) is 7.29. The number of hydrogen-bond acceptors (Lipinski definition) is 4. The highest BCUT2D eigenvalue weighted by Crippen LogP contribution is 2.05. The molecule has 0 amide bonds. The second-order valence-electron chi connectivity index (χ2n) is 4.85. The minimum absolute atomic E-state index is 0.704. The third-order valence-corrected chi connectivity index (χ3v) is 3.19. The van der Waals surface area contributed by atoms with Gasteiger partial charge in [0.05, 0.1) is 0 Å². The molecule has 102 valence electrons. The van der Waals surface area contributed by atoms with Crippen LogP contribution in [-0.4, -0.2) is 51.9 Å². The smallest absolute Gasteiger partial charge is 0.0192 e. The van der Waals surface area contributed by atoms with E-state index in [1.54, 1.807) is 0 Å². The standard InChI is InChI=1S/C13H30N4/c1-2-6-14-8-9-15-10-11-16-12-13-5-3-4-7-17-13/h13-17H,2-12H2,1H3. The van der Waals surface area contributed by atoms with Crippen LogP contribution in [0.1, 0.15) is 32.6 Å². The molecule has 0 aliphatic carbocycles. The number of rotatable bonds is 10. The molecule has 0 saturated carbocycles. The van der Waals surface area contributed by atoms with Gasteiger partial charge in [-0.05, 0) is 32.4 Å². The molecule has 1 fully saturated rings. The highest BCUT2D eigenvalue weighted by atomic mass is 15.0. The molecule has 1 saturated heterocycles. The Morgan fingerprint density at radius 1 is 0.941 bits per heavy atom. The minimum atomic E-state index is 0.704. The van der Waals surface area contributed by atoms with Crippen LogP contribution in [0, 0.1) is 0 Å². The second kappa shape index (κ2) is 11.0. The molecular weight excluding hydrogens is 212 g/mol. The van der Waals surface area contributed by atoms with Crippen molar-refractivity contribution in [2.75, 3.05) is 45.8 Å². The minimum Gasteiger partial charge on any atom is -0.315 e. The monoisotopic (exact) mass is 242 g/mol. The third kappa shape index (κ3) is 8.55. The van der Waals surface area contributed by atoms with Crippen molar-refractivity contribution in [1.29, 1.82) is 0 Å². The van der Waals surface area contributed by atoms with Crippen LogP contribution in [0.4, 0.5) is 0 Å². The van der Waals surface area contributed by atoms with E-state index in [0.29, 0.717) is 6.04 Å². The van der Waals surface area contributed by atoms with Gasteiger partial charge in [0.1, 0.15) is 0 Å². The summed E-state index contributed by atoms with van der Waals surface area (Å²) >= 11 is 0. The van der Waals surface area contributed by atoms with Crippen molar-refractivity contribution in [3.8, 4) is 0 Å². The number of piperidine rings is 1. The van der Waals surface area contributed by atoms with E-state index in [9.17, 15) is 0 Å². The number of nitrogens with one attached hydrogen (secondary N) is 4. The first-order chi connectivity index (χ1) is 8.43. The summed E-state index contributed by atoms with van der Waals surface area (Å²) in [6.45, 7) is 9.95. The van der Waals surface area contributed by atoms with E-state index in [0.717, 1.165) is 39.3 Å². The van der Waals surface area contributed by atoms with E-state index >= 15 is 0 Å². The molecule has 17 heavy (non-hydrogen) atoms. The van der Waals surface area contributed by atoms with Crippen LogP contribution < -0.4 is 21.3 Å². The zero-order valence-electron chi connectivity index (χ0n) is 11.4. The molecule has 1 unspecified atom stereocenters. The normalized spacial score (nSPS) is 20.6. The van der Waals surface area contributed by atoms with Gasteiger partial charge in [0.2, 0.25) is 0 Å². The Balaban J connectivity index is 1.75. The van der Waals surface area contributed by atoms with Gasteiger partial charge in [0.15, 0.2) is 0 Å². The van der Waals surface area contributed by atoms with Crippen LogP contribution in [0.2, 0.25) is 0 Å². The summed E-state index contributed by atoms with van der Waals surface area (Å²) in [6, 6.07) is 0.704. The maximum Gasteiger partial charge on any atom is 0.0192 e. The van der Waals surface area contributed by atoms with Crippen LogP contribution in [0.3, 0.4) is 0 Å². The van der Waals surface area contributed by atoms with Gasteiger partial charge in [-0.25, -0.2) is 0 Å². The number of hydrogen-bond donors (Lipinski definition) is 4. The topological polar surface area (TPSA) is 48.1 Å². The Kier molecular flexibility index (Phi) is 9.61. The van der Waals surface area contributed by atoms with Gasteiger partial charge < -0.3 is 21.3 Å². The van der Waals surface area contributed by atoms with Crippen LogP contribution in [0.15, 0.2) is 0 Å². The maximum absolute atomic E-state index is 3.55. The Morgan fingerprint density at radius 2 is 1.65 bits per heavy atom. The van der Waals surface area contributed by atoms with Crippen LogP contribution in [0.25, 0.3) is 0 Å². The largest absolute Gasteiger partial charge is 0.315 e. The average molecular weight is 242 g/mol. The lowest BCUT2D eigenvalue weighted by Gasteiger charge is -2.23. The molecule has 1 rings (SSSR count). The molecule has 1 atom stereocenters. The Morgan fingerprint density at radius 3 is 2.29 bits per heavy atom. The molecule has 0 aromatic heterocycles. The fraction of sp³-hybridized carbons (Fsp3) is 1.00. The molecule has 4 heteroatoms. The molecule has 1 aliphatic rings. The summed E-state index contributed by atoms with van der Waals surface area (Å²) in [4.78, 5) is 0. The SMILES string of the molecule is CCCNCCNCCNCC1CCCCN1. The predicted molar refractivity (Wildman–Crippen MR) is 74.5 cm³/mol. The van der Waals surface area contributed by atoms with Gasteiger partial charge >= 0.3 is 0 Å². The summed E-state index contributed by atoms with van der Waals surface area (Å²) in [5.41, 5.74) is 0. The Labute approximate surface area is 106 Å². The molecular formula is C13H30N4. The summed E-state index contributed by atoms with van der Waals surface area (Å²) < 4.78 is 0. The van der Waals surface area contributed by atoms with Crippen LogP contribution in [0.5, 0.6) is 0 Å². The molecule has 0 radical (unpaired) electrons. The van der Waals surface area contributed by atoms with E-state index in [1.165, 1.54) is 32.2 Å². The fourth-order valence-electron chi connectivity index (χ4n) is 2.15. The maximum atomic E-state index is 3.55. The van der Waals surface area contributed by atoms with Crippen molar-refractivity contribution in [1.82, 2.24) is 21.3 Å². The van der Waals surface area contributed by atoms with E-state index in [-0.39, 0.29) is 0 Å². The van der Waals surface area contributed by atoms with E-state index in [4.69, 9.17) is 0 Å². The zero-order valence-corrected chi connectivity index (χ0v) is 11.4. The lowest BCUT2D eigenvalue weighted by atomic mass is 10.1. The Bertz CT molecular complexity index is 157. The summed E-state index contributed by atoms with van der Waals surface area (Å²) in [5.74, 6) is 0. The fourth-order valence-corrected chi connectivity index (χ4v) is 2.15. The van der Waals surface area contributed by atoms with Gasteiger partial charge in [-0.2, -0.15) is 0 Å². The van der Waals surface area contributed by atoms with Crippen molar-refractivity contribution in [3.63, 3.8) is 0 Å². The molecule has 4 nitrogen and oxygen atoms in total. The average Bonchev–Trinajstić information content (AvgIpc) is 2.38.